The Kier molecular flexibility index (Phi) is 18.7. The first-order valence-corrected chi connectivity index (χ1v) is 15.2. The number of rotatable bonds is 17. The maximum Gasteiger partial charge on any atom is 0.219 e. The molecular formula is C31H54N6O5. The van der Waals surface area contributed by atoms with Crippen LogP contribution in [0.25, 0.3) is 0 Å². The zero-order chi connectivity index (χ0) is 31.4. The Hall–Kier alpha value is -2.70. The molecule has 42 heavy (non-hydrogen) atoms. The number of carbonyl (C=O) groups excluding carboxylic acids is 4. The van der Waals surface area contributed by atoms with Crippen molar-refractivity contribution in [1.82, 2.24) is 20.4 Å². The average molecular weight is 591 g/mol. The summed E-state index contributed by atoms with van der Waals surface area (Å²) >= 11 is 0. The molecule has 1 saturated heterocycles. The lowest BCUT2D eigenvalue weighted by atomic mass is 10.0. The summed E-state index contributed by atoms with van der Waals surface area (Å²) in [4.78, 5) is 48.8. The van der Waals surface area contributed by atoms with Gasteiger partial charge in [-0.2, -0.15) is 0 Å². The number of likely N-dealkylation sites (N-methyl/N-ethyl adjacent to an activating group) is 1. The third kappa shape index (κ3) is 13.5. The summed E-state index contributed by atoms with van der Waals surface area (Å²) in [6.45, 7) is 9.85. The molecule has 11 heteroatoms. The molecule has 1 unspecified atom stereocenters. The summed E-state index contributed by atoms with van der Waals surface area (Å²) in [5.41, 5.74) is 7.94. The Morgan fingerprint density at radius 3 is 2.40 bits per heavy atom. The van der Waals surface area contributed by atoms with E-state index in [2.05, 4.69) is 20.9 Å². The van der Waals surface area contributed by atoms with Crippen LogP contribution < -0.4 is 21.7 Å². The minimum atomic E-state index is -0.373. The highest BCUT2D eigenvalue weighted by molar-refractivity contribution is 5.81. The number of hydrogen-bond donors (Lipinski definition) is 4. The van der Waals surface area contributed by atoms with Crippen LogP contribution in [0.1, 0.15) is 68.3 Å². The average Bonchev–Trinajstić information content (AvgIpc) is 3.81. The van der Waals surface area contributed by atoms with E-state index in [4.69, 9.17) is 10.5 Å². The Morgan fingerprint density at radius 1 is 1.17 bits per heavy atom. The monoisotopic (exact) mass is 590 g/mol. The quantitative estimate of drug-likeness (QED) is 0.157. The van der Waals surface area contributed by atoms with Gasteiger partial charge in [-0.1, -0.05) is 26.0 Å². The van der Waals surface area contributed by atoms with E-state index in [0.717, 1.165) is 88.6 Å². The number of nitrogens with one attached hydrogen (secondary N) is 3. The van der Waals surface area contributed by atoms with Gasteiger partial charge in [0.2, 0.25) is 5.91 Å². The first-order valence-electron chi connectivity index (χ1n) is 15.2. The highest BCUT2D eigenvalue weighted by atomic mass is 16.5. The molecule has 0 radical (unpaired) electrons. The lowest BCUT2D eigenvalue weighted by Gasteiger charge is -2.29. The number of nitrogens with zero attached hydrogens (tertiary/aromatic N) is 2. The Morgan fingerprint density at radius 2 is 1.86 bits per heavy atom. The molecule has 0 aromatic heterocycles. The van der Waals surface area contributed by atoms with Crippen LogP contribution in [0.5, 0.6) is 0 Å². The van der Waals surface area contributed by atoms with Crippen LogP contribution in [0.4, 0.5) is 5.69 Å². The minimum absolute atomic E-state index is 0.0931. The highest BCUT2D eigenvalue weighted by Crippen LogP contribution is 2.32. The van der Waals surface area contributed by atoms with Crippen LogP contribution in [-0.4, -0.2) is 113 Å². The van der Waals surface area contributed by atoms with Crippen molar-refractivity contribution in [3.63, 3.8) is 0 Å². The number of likely N-dealkylation sites (tertiary alicyclic amines) is 1. The molecule has 1 aliphatic heterocycles. The molecule has 1 aromatic carbocycles. The predicted octanol–water partition coefficient (Wildman–Crippen LogP) is 1.84. The molecule has 11 nitrogen and oxygen atoms in total. The maximum absolute atomic E-state index is 11.3. The summed E-state index contributed by atoms with van der Waals surface area (Å²) in [5, 5.41) is 8.83. The molecule has 0 spiro atoms. The molecule has 238 valence electrons. The predicted molar refractivity (Wildman–Crippen MR) is 168 cm³/mol. The van der Waals surface area contributed by atoms with Crippen LogP contribution in [0.3, 0.4) is 0 Å². The summed E-state index contributed by atoms with van der Waals surface area (Å²) < 4.78 is 5.58. The number of piperidine rings is 1. The van der Waals surface area contributed by atoms with E-state index in [-0.39, 0.29) is 17.5 Å². The third-order valence-corrected chi connectivity index (χ3v) is 7.61. The zero-order valence-electron chi connectivity index (χ0n) is 26.3. The molecule has 0 bridgehead atoms. The SMILES string of the molecule is CC.CNC(=O)CCC(C=O)N(C)Cc1c(C=O)cccc1NC.NC1CCN(CCOCCNC2(C=O)CC2)CC1. The van der Waals surface area contributed by atoms with Crippen LogP contribution >= 0.6 is 0 Å². The van der Waals surface area contributed by atoms with Gasteiger partial charge in [0.05, 0.1) is 24.8 Å². The van der Waals surface area contributed by atoms with Crippen molar-refractivity contribution in [3.05, 3.63) is 29.3 Å². The van der Waals surface area contributed by atoms with Gasteiger partial charge in [0.15, 0.2) is 0 Å². The Labute approximate surface area is 252 Å². The van der Waals surface area contributed by atoms with E-state index < -0.39 is 0 Å². The van der Waals surface area contributed by atoms with Gasteiger partial charge in [0, 0.05) is 57.4 Å². The molecule has 1 aromatic rings. The van der Waals surface area contributed by atoms with Crippen molar-refractivity contribution < 1.29 is 23.9 Å². The molecule has 2 fully saturated rings. The maximum atomic E-state index is 11.3. The van der Waals surface area contributed by atoms with Crippen LogP contribution in [-0.2, 0) is 25.7 Å². The fraction of sp³-hybridized carbons (Fsp3) is 0.677. The number of benzene rings is 1. The van der Waals surface area contributed by atoms with Crippen LogP contribution in [0.15, 0.2) is 18.2 Å². The number of nitrogens with two attached hydrogens (primary N) is 1. The summed E-state index contributed by atoms with van der Waals surface area (Å²) in [5.74, 6) is -0.0931. The smallest absolute Gasteiger partial charge is 0.219 e. The van der Waals surface area contributed by atoms with E-state index in [9.17, 15) is 19.2 Å². The number of ether oxygens (including phenoxy) is 1. The molecule has 5 N–H and O–H groups in total. The second-order valence-corrected chi connectivity index (χ2v) is 10.6. The molecule has 1 heterocycles. The molecule has 3 rings (SSSR count). The second kappa shape index (κ2) is 21.1. The summed E-state index contributed by atoms with van der Waals surface area (Å²) in [7, 11) is 5.17. The van der Waals surface area contributed by atoms with Gasteiger partial charge in [-0.3, -0.25) is 14.5 Å². The van der Waals surface area contributed by atoms with Gasteiger partial charge < -0.3 is 40.9 Å². The molecular weight excluding hydrogens is 536 g/mol. The van der Waals surface area contributed by atoms with Crippen molar-refractivity contribution in [2.24, 2.45) is 5.73 Å². The Bertz CT molecular complexity index is 934. The normalized spacial score (nSPS) is 16.6. The van der Waals surface area contributed by atoms with E-state index in [1.165, 1.54) is 0 Å². The first-order chi connectivity index (χ1) is 20.3. The summed E-state index contributed by atoms with van der Waals surface area (Å²) in [6.07, 6.45) is 7.57. The van der Waals surface area contributed by atoms with E-state index in [1.807, 2.05) is 37.9 Å². The van der Waals surface area contributed by atoms with Crippen molar-refractivity contribution >= 4 is 30.5 Å². The van der Waals surface area contributed by atoms with Crippen molar-refractivity contribution in [2.75, 3.05) is 65.9 Å². The van der Waals surface area contributed by atoms with Gasteiger partial charge in [0.25, 0.3) is 0 Å². The molecule has 2 aliphatic rings. The molecule has 1 saturated carbocycles. The van der Waals surface area contributed by atoms with E-state index in [0.29, 0.717) is 37.6 Å². The van der Waals surface area contributed by atoms with Crippen LogP contribution in [0.2, 0.25) is 0 Å². The van der Waals surface area contributed by atoms with Crippen molar-refractivity contribution in [1.29, 1.82) is 0 Å². The fourth-order valence-corrected chi connectivity index (χ4v) is 4.60. The molecule has 1 amide bonds. The lowest BCUT2D eigenvalue weighted by Crippen LogP contribution is -2.41. The topological polar surface area (TPSA) is 146 Å². The largest absolute Gasteiger partial charge is 0.388 e. The number of anilines is 1. The summed E-state index contributed by atoms with van der Waals surface area (Å²) in [6, 6.07) is 5.46. The first kappa shape index (κ1) is 37.3. The number of carbonyl (C=O) groups is 4. The van der Waals surface area contributed by atoms with Gasteiger partial charge in [0.1, 0.15) is 18.9 Å². The van der Waals surface area contributed by atoms with Gasteiger partial charge >= 0.3 is 0 Å². The molecule has 1 atom stereocenters. The third-order valence-electron chi connectivity index (χ3n) is 7.61. The van der Waals surface area contributed by atoms with E-state index >= 15 is 0 Å². The number of aldehydes is 3. The highest BCUT2D eigenvalue weighted by Gasteiger charge is 2.41. The Balaban J connectivity index is 0.000000402. The van der Waals surface area contributed by atoms with E-state index in [1.54, 1.807) is 20.2 Å². The zero-order valence-corrected chi connectivity index (χ0v) is 26.3. The second-order valence-electron chi connectivity index (χ2n) is 10.6. The minimum Gasteiger partial charge on any atom is -0.388 e. The number of hydrogen-bond acceptors (Lipinski definition) is 10. The van der Waals surface area contributed by atoms with Gasteiger partial charge in [-0.25, -0.2) is 0 Å². The molecule has 1 aliphatic carbocycles. The van der Waals surface area contributed by atoms with Crippen molar-refractivity contribution in [3.8, 4) is 0 Å². The van der Waals surface area contributed by atoms with Gasteiger partial charge in [-0.05, 0) is 63.9 Å². The number of amides is 1. The fourth-order valence-electron chi connectivity index (χ4n) is 4.60. The van der Waals surface area contributed by atoms with Gasteiger partial charge in [-0.15, -0.1) is 0 Å². The van der Waals surface area contributed by atoms with Crippen LogP contribution in [0, 0.1) is 0 Å². The lowest BCUT2D eigenvalue weighted by molar-refractivity contribution is -0.121. The van der Waals surface area contributed by atoms with Crippen molar-refractivity contribution in [2.45, 2.75) is 76.5 Å². The standard InChI is InChI=1S/C16H23N3O3.C13H25N3O2.C2H6/c1-17-15-6-4-5-12(10-20)14(15)9-19(3)13(11-21)7-8-16(22)18-2;14-12-1-6-16(7-2-12)8-10-18-9-5-15-13(11-17)3-4-13;1-2/h4-6,10-11,13,17H,7-9H2,1-3H3,(H,18,22);11-12,15H,1-10,14H2;1-2H3.